The van der Waals surface area contributed by atoms with E-state index in [0.717, 1.165) is 25.1 Å². The standard InChI is InChI=1S/C8H16ClNOS/c1-12-7-6-10-8(11)4-2-3-5-9/h2-7H2,1H3,(H,10,11). The number of rotatable bonds is 7. The molecule has 0 aromatic rings. The maximum absolute atomic E-state index is 11.0. The molecule has 0 rings (SSSR count). The van der Waals surface area contributed by atoms with E-state index < -0.39 is 0 Å². The first-order chi connectivity index (χ1) is 5.81. The summed E-state index contributed by atoms with van der Waals surface area (Å²) in [6.45, 7) is 0.779. The zero-order valence-corrected chi connectivity index (χ0v) is 9.01. The molecule has 0 aliphatic carbocycles. The lowest BCUT2D eigenvalue weighted by Crippen LogP contribution is -2.25. The van der Waals surface area contributed by atoms with Gasteiger partial charge in [-0.05, 0) is 19.1 Å². The highest BCUT2D eigenvalue weighted by Crippen LogP contribution is 1.96. The largest absolute Gasteiger partial charge is 0.355 e. The molecule has 0 aromatic heterocycles. The zero-order chi connectivity index (χ0) is 9.23. The molecule has 0 saturated carbocycles. The SMILES string of the molecule is CSCCNC(=O)CCCCCl. The van der Waals surface area contributed by atoms with Crippen molar-refractivity contribution in [1.29, 1.82) is 0 Å². The van der Waals surface area contributed by atoms with E-state index in [2.05, 4.69) is 5.32 Å². The van der Waals surface area contributed by atoms with Gasteiger partial charge in [-0.15, -0.1) is 11.6 Å². The van der Waals surface area contributed by atoms with Gasteiger partial charge in [0.25, 0.3) is 0 Å². The maximum Gasteiger partial charge on any atom is 0.220 e. The van der Waals surface area contributed by atoms with Crippen LogP contribution in [-0.4, -0.2) is 30.3 Å². The molecule has 2 nitrogen and oxygen atoms in total. The van der Waals surface area contributed by atoms with Crippen LogP contribution in [0, 0.1) is 0 Å². The number of thioether (sulfide) groups is 1. The van der Waals surface area contributed by atoms with Crippen LogP contribution in [0.3, 0.4) is 0 Å². The fraction of sp³-hybridized carbons (Fsp3) is 0.875. The molecule has 12 heavy (non-hydrogen) atoms. The van der Waals surface area contributed by atoms with E-state index in [-0.39, 0.29) is 5.91 Å². The summed E-state index contributed by atoms with van der Waals surface area (Å²) in [4.78, 5) is 11.0. The molecule has 1 N–H and O–H groups in total. The Morgan fingerprint density at radius 2 is 2.25 bits per heavy atom. The first-order valence-corrected chi connectivity index (χ1v) is 6.05. The summed E-state index contributed by atoms with van der Waals surface area (Å²) in [5.41, 5.74) is 0. The summed E-state index contributed by atoms with van der Waals surface area (Å²) < 4.78 is 0. The van der Waals surface area contributed by atoms with Crippen LogP contribution in [0.4, 0.5) is 0 Å². The molecule has 0 saturated heterocycles. The summed E-state index contributed by atoms with van der Waals surface area (Å²) in [5.74, 6) is 1.79. The van der Waals surface area contributed by atoms with Crippen molar-refractivity contribution in [3.63, 3.8) is 0 Å². The number of hydrogen-bond acceptors (Lipinski definition) is 2. The predicted molar refractivity (Wildman–Crippen MR) is 56.0 cm³/mol. The lowest BCUT2D eigenvalue weighted by molar-refractivity contribution is -0.121. The van der Waals surface area contributed by atoms with Crippen molar-refractivity contribution in [3.8, 4) is 0 Å². The number of carbonyl (C=O) groups excluding carboxylic acids is 1. The molecule has 0 aliphatic heterocycles. The van der Waals surface area contributed by atoms with Crippen LogP contribution in [0.5, 0.6) is 0 Å². The third-order valence-corrected chi connectivity index (χ3v) is 2.30. The number of halogens is 1. The Morgan fingerprint density at radius 3 is 2.83 bits per heavy atom. The summed E-state index contributed by atoms with van der Waals surface area (Å²) in [5, 5.41) is 2.84. The highest BCUT2D eigenvalue weighted by molar-refractivity contribution is 7.98. The molecule has 4 heteroatoms. The van der Waals surface area contributed by atoms with Crippen molar-refractivity contribution < 1.29 is 4.79 Å². The van der Waals surface area contributed by atoms with E-state index in [0.29, 0.717) is 12.3 Å². The number of carbonyl (C=O) groups is 1. The Morgan fingerprint density at radius 1 is 1.50 bits per heavy atom. The van der Waals surface area contributed by atoms with Crippen LogP contribution in [0.15, 0.2) is 0 Å². The summed E-state index contributed by atoms with van der Waals surface area (Å²) in [6, 6.07) is 0. The van der Waals surface area contributed by atoms with Crippen molar-refractivity contribution in [2.24, 2.45) is 0 Å². The number of unbranched alkanes of at least 4 members (excludes halogenated alkanes) is 1. The van der Waals surface area contributed by atoms with Crippen molar-refractivity contribution in [3.05, 3.63) is 0 Å². The van der Waals surface area contributed by atoms with E-state index in [4.69, 9.17) is 11.6 Å². The predicted octanol–water partition coefficient (Wildman–Crippen LogP) is 1.87. The van der Waals surface area contributed by atoms with Gasteiger partial charge in [0.2, 0.25) is 5.91 Å². The second kappa shape index (κ2) is 9.20. The summed E-state index contributed by atoms with van der Waals surface area (Å²) in [6.07, 6.45) is 4.47. The Hall–Kier alpha value is 0.110. The first kappa shape index (κ1) is 12.1. The van der Waals surface area contributed by atoms with Gasteiger partial charge < -0.3 is 5.32 Å². The monoisotopic (exact) mass is 209 g/mol. The average molecular weight is 210 g/mol. The third kappa shape index (κ3) is 8.21. The quantitative estimate of drug-likeness (QED) is 0.513. The molecule has 1 amide bonds. The summed E-state index contributed by atoms with van der Waals surface area (Å²) in [7, 11) is 0. The molecule has 0 aliphatic rings. The topological polar surface area (TPSA) is 29.1 Å². The van der Waals surface area contributed by atoms with E-state index in [1.807, 2.05) is 6.26 Å². The van der Waals surface area contributed by atoms with Crippen LogP contribution in [0.2, 0.25) is 0 Å². The minimum Gasteiger partial charge on any atom is -0.355 e. The Balaban J connectivity index is 3.10. The highest BCUT2D eigenvalue weighted by atomic mass is 35.5. The second-order valence-corrected chi connectivity index (χ2v) is 3.85. The molecule has 0 spiro atoms. The highest BCUT2D eigenvalue weighted by Gasteiger charge is 1.98. The van der Waals surface area contributed by atoms with Crippen LogP contribution in [0.25, 0.3) is 0 Å². The molecule has 0 bridgehead atoms. The second-order valence-electron chi connectivity index (χ2n) is 2.49. The van der Waals surface area contributed by atoms with Gasteiger partial charge in [-0.1, -0.05) is 0 Å². The van der Waals surface area contributed by atoms with Gasteiger partial charge in [0.1, 0.15) is 0 Å². The molecule has 72 valence electrons. The molecule has 0 unspecified atom stereocenters. The van der Waals surface area contributed by atoms with Crippen LogP contribution in [0.1, 0.15) is 19.3 Å². The minimum absolute atomic E-state index is 0.147. The Labute approximate surface area is 83.4 Å². The maximum atomic E-state index is 11.0. The van der Waals surface area contributed by atoms with E-state index in [1.54, 1.807) is 11.8 Å². The number of hydrogen-bond donors (Lipinski definition) is 1. The number of alkyl halides is 1. The fourth-order valence-electron chi connectivity index (χ4n) is 0.761. The van der Waals surface area contributed by atoms with Gasteiger partial charge >= 0.3 is 0 Å². The molecular weight excluding hydrogens is 194 g/mol. The Bertz CT molecular complexity index is 110. The smallest absolute Gasteiger partial charge is 0.220 e. The van der Waals surface area contributed by atoms with Crippen LogP contribution >= 0.6 is 23.4 Å². The van der Waals surface area contributed by atoms with Gasteiger partial charge in [0.05, 0.1) is 0 Å². The zero-order valence-electron chi connectivity index (χ0n) is 7.44. The van der Waals surface area contributed by atoms with Gasteiger partial charge in [0, 0.05) is 24.6 Å². The number of amides is 1. The van der Waals surface area contributed by atoms with E-state index in [9.17, 15) is 4.79 Å². The van der Waals surface area contributed by atoms with E-state index >= 15 is 0 Å². The molecule has 0 fully saturated rings. The van der Waals surface area contributed by atoms with Crippen molar-refractivity contribution in [2.45, 2.75) is 19.3 Å². The Kier molecular flexibility index (Phi) is 9.28. The van der Waals surface area contributed by atoms with Crippen molar-refractivity contribution >= 4 is 29.3 Å². The number of nitrogens with one attached hydrogen (secondary N) is 1. The molecule has 0 atom stereocenters. The van der Waals surface area contributed by atoms with Gasteiger partial charge in [-0.25, -0.2) is 0 Å². The third-order valence-electron chi connectivity index (χ3n) is 1.42. The first-order valence-electron chi connectivity index (χ1n) is 4.13. The van der Waals surface area contributed by atoms with Gasteiger partial charge in [-0.2, -0.15) is 11.8 Å². The lowest BCUT2D eigenvalue weighted by Gasteiger charge is -2.02. The normalized spacial score (nSPS) is 9.83. The molecular formula is C8H16ClNOS. The fourth-order valence-corrected chi connectivity index (χ4v) is 1.26. The minimum atomic E-state index is 0.147. The molecule has 0 heterocycles. The lowest BCUT2D eigenvalue weighted by atomic mass is 10.2. The van der Waals surface area contributed by atoms with Crippen molar-refractivity contribution in [2.75, 3.05) is 24.4 Å². The van der Waals surface area contributed by atoms with Crippen LogP contribution in [-0.2, 0) is 4.79 Å². The molecule has 0 aromatic carbocycles. The summed E-state index contributed by atoms with van der Waals surface area (Å²) >= 11 is 7.21. The van der Waals surface area contributed by atoms with Gasteiger partial charge in [0.15, 0.2) is 0 Å². The van der Waals surface area contributed by atoms with Gasteiger partial charge in [-0.3, -0.25) is 4.79 Å². The average Bonchev–Trinajstić information content (AvgIpc) is 2.06. The van der Waals surface area contributed by atoms with E-state index in [1.165, 1.54) is 0 Å². The van der Waals surface area contributed by atoms with Crippen molar-refractivity contribution in [1.82, 2.24) is 5.32 Å². The van der Waals surface area contributed by atoms with Crippen LogP contribution < -0.4 is 5.32 Å². The molecule has 0 radical (unpaired) electrons.